The Labute approximate surface area is 152 Å². The zero-order valence-electron chi connectivity index (χ0n) is 13.1. The lowest BCUT2D eigenvalue weighted by atomic mass is 10.1. The molecule has 2 aromatic heterocycles. The second-order valence-electron chi connectivity index (χ2n) is 5.53. The van der Waals surface area contributed by atoms with Gasteiger partial charge in [0, 0.05) is 27.5 Å². The number of pyridine rings is 1. The average Bonchev–Trinajstić information content (AvgIpc) is 3.13. The molecule has 2 aromatic carbocycles. The highest BCUT2D eigenvalue weighted by Crippen LogP contribution is 2.30. The summed E-state index contributed by atoms with van der Waals surface area (Å²) < 4.78 is 16.1. The van der Waals surface area contributed by atoms with Crippen molar-refractivity contribution < 1.29 is 4.39 Å². The Kier molecular flexibility index (Phi) is 4.15. The van der Waals surface area contributed by atoms with Gasteiger partial charge in [-0.2, -0.15) is 0 Å². The SMILES string of the molecule is Fc1ccc(-n2cncc2-c2ccnc(-c3ccccc3Br)c2)cc1. The van der Waals surface area contributed by atoms with Crippen molar-refractivity contribution in [3.63, 3.8) is 0 Å². The fraction of sp³-hybridized carbons (Fsp3) is 0. The number of benzene rings is 2. The Bertz CT molecular complexity index is 1030. The minimum Gasteiger partial charge on any atom is -0.299 e. The predicted molar refractivity (Wildman–Crippen MR) is 99.9 cm³/mol. The quantitative estimate of drug-likeness (QED) is 0.459. The van der Waals surface area contributed by atoms with Gasteiger partial charge in [0.2, 0.25) is 0 Å². The lowest BCUT2D eigenvalue weighted by molar-refractivity contribution is 0.627. The zero-order valence-corrected chi connectivity index (χ0v) is 14.7. The number of hydrogen-bond acceptors (Lipinski definition) is 2. The van der Waals surface area contributed by atoms with E-state index in [1.54, 1.807) is 30.9 Å². The van der Waals surface area contributed by atoms with Crippen LogP contribution in [-0.2, 0) is 0 Å². The van der Waals surface area contributed by atoms with Gasteiger partial charge in [-0.15, -0.1) is 0 Å². The van der Waals surface area contributed by atoms with Crippen LogP contribution in [0.2, 0.25) is 0 Å². The number of nitrogens with zero attached hydrogens (tertiary/aromatic N) is 3. The molecule has 0 bridgehead atoms. The normalized spacial score (nSPS) is 10.8. The maximum absolute atomic E-state index is 13.2. The monoisotopic (exact) mass is 393 g/mol. The zero-order chi connectivity index (χ0) is 17.2. The first-order chi connectivity index (χ1) is 12.2. The van der Waals surface area contributed by atoms with Gasteiger partial charge in [-0.05, 0) is 42.5 Å². The van der Waals surface area contributed by atoms with Crippen molar-refractivity contribution in [1.82, 2.24) is 14.5 Å². The molecule has 0 atom stereocenters. The first-order valence-corrected chi connectivity index (χ1v) is 8.51. The molecule has 0 spiro atoms. The minimum absolute atomic E-state index is 0.259. The third kappa shape index (κ3) is 3.10. The summed E-state index contributed by atoms with van der Waals surface area (Å²) in [6.07, 6.45) is 5.30. The lowest BCUT2D eigenvalue weighted by Gasteiger charge is -2.10. The third-order valence-corrected chi connectivity index (χ3v) is 4.64. The Hall–Kier alpha value is -2.79. The molecule has 0 N–H and O–H groups in total. The van der Waals surface area contributed by atoms with Crippen LogP contribution >= 0.6 is 15.9 Å². The van der Waals surface area contributed by atoms with Gasteiger partial charge in [0.1, 0.15) is 5.82 Å². The molecule has 0 saturated carbocycles. The van der Waals surface area contributed by atoms with Crippen LogP contribution in [0, 0.1) is 5.82 Å². The van der Waals surface area contributed by atoms with Crippen LogP contribution in [0.15, 0.2) is 83.9 Å². The molecule has 3 nitrogen and oxygen atoms in total. The molecule has 2 heterocycles. The van der Waals surface area contributed by atoms with Gasteiger partial charge in [-0.1, -0.05) is 34.1 Å². The van der Waals surface area contributed by atoms with E-state index < -0.39 is 0 Å². The Balaban J connectivity index is 1.80. The van der Waals surface area contributed by atoms with Gasteiger partial charge < -0.3 is 0 Å². The van der Waals surface area contributed by atoms with Crippen LogP contribution in [0.1, 0.15) is 0 Å². The van der Waals surface area contributed by atoms with Gasteiger partial charge in [0.15, 0.2) is 0 Å². The molecule has 0 fully saturated rings. The molecular weight excluding hydrogens is 381 g/mol. The topological polar surface area (TPSA) is 30.7 Å². The number of imidazole rings is 1. The number of hydrogen-bond donors (Lipinski definition) is 0. The van der Waals surface area contributed by atoms with Crippen molar-refractivity contribution in [2.24, 2.45) is 0 Å². The van der Waals surface area contributed by atoms with Gasteiger partial charge >= 0.3 is 0 Å². The first-order valence-electron chi connectivity index (χ1n) is 7.72. The Morgan fingerprint density at radius 2 is 1.76 bits per heavy atom. The van der Waals surface area contributed by atoms with Gasteiger partial charge in [0.05, 0.1) is 23.9 Å². The molecule has 25 heavy (non-hydrogen) atoms. The smallest absolute Gasteiger partial charge is 0.123 e. The highest BCUT2D eigenvalue weighted by atomic mass is 79.9. The van der Waals surface area contributed by atoms with E-state index in [2.05, 4.69) is 25.9 Å². The number of rotatable bonds is 3. The molecule has 0 aliphatic rings. The standard InChI is InChI=1S/C20H13BrFN3/c21-18-4-2-1-3-17(18)19-11-14(9-10-24-19)20-12-23-13-25(20)16-7-5-15(22)6-8-16/h1-13H. The Morgan fingerprint density at radius 1 is 0.960 bits per heavy atom. The van der Waals surface area contributed by atoms with E-state index in [1.165, 1.54) is 12.1 Å². The third-order valence-electron chi connectivity index (χ3n) is 3.95. The fourth-order valence-electron chi connectivity index (χ4n) is 2.72. The van der Waals surface area contributed by atoms with E-state index >= 15 is 0 Å². The molecule has 0 saturated heterocycles. The summed E-state index contributed by atoms with van der Waals surface area (Å²) in [5.41, 5.74) is 4.66. The summed E-state index contributed by atoms with van der Waals surface area (Å²) in [7, 11) is 0. The van der Waals surface area contributed by atoms with Crippen molar-refractivity contribution >= 4 is 15.9 Å². The molecule has 0 unspecified atom stereocenters. The maximum Gasteiger partial charge on any atom is 0.123 e. The highest BCUT2D eigenvalue weighted by molar-refractivity contribution is 9.10. The predicted octanol–water partition coefficient (Wildman–Crippen LogP) is 5.50. The van der Waals surface area contributed by atoms with Crippen molar-refractivity contribution in [2.45, 2.75) is 0 Å². The van der Waals surface area contributed by atoms with Crippen LogP contribution in [0.3, 0.4) is 0 Å². The summed E-state index contributed by atoms with van der Waals surface area (Å²) in [5, 5.41) is 0. The Morgan fingerprint density at radius 3 is 2.56 bits per heavy atom. The largest absolute Gasteiger partial charge is 0.299 e. The van der Waals surface area contributed by atoms with E-state index in [-0.39, 0.29) is 5.82 Å². The maximum atomic E-state index is 13.2. The van der Waals surface area contributed by atoms with Crippen LogP contribution < -0.4 is 0 Å². The molecule has 0 aliphatic heterocycles. The second kappa shape index (κ2) is 6.61. The minimum atomic E-state index is -0.259. The van der Waals surface area contributed by atoms with E-state index in [9.17, 15) is 4.39 Å². The van der Waals surface area contributed by atoms with Gasteiger partial charge in [-0.3, -0.25) is 9.55 Å². The molecular formula is C20H13BrFN3. The number of halogens is 2. The fourth-order valence-corrected chi connectivity index (χ4v) is 3.21. The molecule has 0 amide bonds. The summed E-state index contributed by atoms with van der Waals surface area (Å²) in [5.74, 6) is -0.259. The van der Waals surface area contributed by atoms with Crippen LogP contribution in [0.4, 0.5) is 4.39 Å². The molecule has 5 heteroatoms. The molecule has 0 radical (unpaired) electrons. The second-order valence-corrected chi connectivity index (χ2v) is 6.39. The molecule has 122 valence electrons. The summed E-state index contributed by atoms with van der Waals surface area (Å²) in [4.78, 5) is 8.74. The van der Waals surface area contributed by atoms with Crippen LogP contribution in [0.5, 0.6) is 0 Å². The summed E-state index contributed by atoms with van der Waals surface area (Å²) in [6, 6.07) is 18.3. The summed E-state index contributed by atoms with van der Waals surface area (Å²) in [6.45, 7) is 0. The van der Waals surface area contributed by atoms with Crippen molar-refractivity contribution in [3.05, 3.63) is 89.7 Å². The lowest BCUT2D eigenvalue weighted by Crippen LogP contribution is -1.96. The first kappa shape index (κ1) is 15.7. The molecule has 4 aromatic rings. The van der Waals surface area contributed by atoms with E-state index in [0.29, 0.717) is 0 Å². The average molecular weight is 394 g/mol. The van der Waals surface area contributed by atoms with E-state index in [4.69, 9.17) is 0 Å². The number of aromatic nitrogens is 3. The van der Waals surface area contributed by atoms with E-state index in [1.807, 2.05) is 41.0 Å². The highest BCUT2D eigenvalue weighted by Gasteiger charge is 2.10. The van der Waals surface area contributed by atoms with Crippen LogP contribution in [-0.4, -0.2) is 14.5 Å². The molecule has 0 aliphatic carbocycles. The van der Waals surface area contributed by atoms with E-state index in [0.717, 1.165) is 32.7 Å². The van der Waals surface area contributed by atoms with Crippen LogP contribution in [0.25, 0.3) is 28.2 Å². The van der Waals surface area contributed by atoms with Gasteiger partial charge in [-0.25, -0.2) is 9.37 Å². The molecule has 4 rings (SSSR count). The van der Waals surface area contributed by atoms with Gasteiger partial charge in [0.25, 0.3) is 0 Å². The van der Waals surface area contributed by atoms with Crippen molar-refractivity contribution in [1.29, 1.82) is 0 Å². The summed E-state index contributed by atoms with van der Waals surface area (Å²) >= 11 is 3.57. The van der Waals surface area contributed by atoms with Crippen molar-refractivity contribution in [2.75, 3.05) is 0 Å². The van der Waals surface area contributed by atoms with Crippen molar-refractivity contribution in [3.8, 4) is 28.2 Å².